The smallest absolute Gasteiger partial charge is 0.119 e. The van der Waals surface area contributed by atoms with Crippen LogP contribution in [0, 0.1) is 11.8 Å². The Balaban J connectivity index is 1.57. The number of hydrogen-bond donors (Lipinski definition) is 0. The Hall–Kier alpha value is -1.02. The molecule has 0 unspecified atom stereocenters. The lowest BCUT2D eigenvalue weighted by atomic mass is 9.52. The van der Waals surface area contributed by atoms with E-state index in [9.17, 15) is 0 Å². The lowest BCUT2D eigenvalue weighted by Crippen LogP contribution is -2.61. The molecule has 0 radical (unpaired) electrons. The molecule has 23 heavy (non-hydrogen) atoms. The van der Waals surface area contributed by atoms with Gasteiger partial charge in [0.25, 0.3) is 0 Å². The summed E-state index contributed by atoms with van der Waals surface area (Å²) in [6, 6.07) is 7.75. The van der Waals surface area contributed by atoms with Crippen LogP contribution in [0.2, 0.25) is 0 Å². The summed E-state index contributed by atoms with van der Waals surface area (Å²) in [5.41, 5.74) is 3.74. The Kier molecular flexibility index (Phi) is 3.27. The second-order valence-corrected chi connectivity index (χ2v) is 8.49. The van der Waals surface area contributed by atoms with E-state index >= 15 is 0 Å². The molecule has 0 aromatic heterocycles. The van der Waals surface area contributed by atoms with Gasteiger partial charge in [-0.3, -0.25) is 4.90 Å². The van der Waals surface area contributed by atoms with E-state index in [1.54, 1.807) is 11.1 Å². The van der Waals surface area contributed by atoms with Gasteiger partial charge in [0.2, 0.25) is 0 Å². The number of rotatable bonds is 3. The first-order chi connectivity index (χ1) is 11.3. The van der Waals surface area contributed by atoms with Gasteiger partial charge in [0.1, 0.15) is 5.75 Å². The minimum absolute atomic E-state index is 0.463. The fourth-order valence-electron chi connectivity index (χ4n) is 6.05. The zero-order valence-electron chi connectivity index (χ0n) is 14.4. The molecule has 3 fully saturated rings. The Morgan fingerprint density at radius 1 is 1.17 bits per heavy atom. The molecule has 3 atom stereocenters. The molecule has 2 bridgehead atoms. The number of nitrogens with zero attached hydrogens (tertiary/aromatic N) is 1. The molecule has 2 saturated carbocycles. The SMILES string of the molecule is COc1ccc2c(c1)[C@@]13CCCC[C@@H]1[C@@H](C2)N(CC1CC1)CC3. The first-order valence-corrected chi connectivity index (χ1v) is 9.71. The number of benzene rings is 1. The third-order valence-electron chi connectivity index (χ3n) is 7.35. The highest BCUT2D eigenvalue weighted by Gasteiger charge is 2.54. The molecule has 1 aromatic rings. The zero-order chi connectivity index (χ0) is 15.4. The Morgan fingerprint density at radius 3 is 2.91 bits per heavy atom. The summed E-state index contributed by atoms with van der Waals surface area (Å²) in [7, 11) is 1.81. The molecular weight excluding hydrogens is 282 g/mol. The Morgan fingerprint density at radius 2 is 2.09 bits per heavy atom. The molecule has 0 spiro atoms. The third-order valence-corrected chi connectivity index (χ3v) is 7.35. The van der Waals surface area contributed by atoms with Crippen LogP contribution in [0.1, 0.15) is 56.1 Å². The number of piperidine rings is 1. The van der Waals surface area contributed by atoms with E-state index in [1.807, 2.05) is 7.11 Å². The van der Waals surface area contributed by atoms with Crippen molar-refractivity contribution in [2.24, 2.45) is 11.8 Å². The predicted octanol–water partition coefficient (Wildman–Crippen LogP) is 4.16. The van der Waals surface area contributed by atoms with Crippen LogP contribution in [0.25, 0.3) is 0 Å². The first-order valence-electron chi connectivity index (χ1n) is 9.71. The minimum Gasteiger partial charge on any atom is -0.497 e. The molecule has 2 heteroatoms. The van der Waals surface area contributed by atoms with Crippen molar-refractivity contribution in [3.05, 3.63) is 29.3 Å². The molecule has 124 valence electrons. The van der Waals surface area contributed by atoms with Crippen LogP contribution in [0.15, 0.2) is 18.2 Å². The van der Waals surface area contributed by atoms with E-state index in [4.69, 9.17) is 4.74 Å². The van der Waals surface area contributed by atoms with Gasteiger partial charge in [-0.1, -0.05) is 18.9 Å². The molecular formula is C21H29NO. The molecule has 5 rings (SSSR count). The topological polar surface area (TPSA) is 12.5 Å². The molecule has 1 aromatic carbocycles. The number of hydrogen-bond acceptors (Lipinski definition) is 2. The second kappa shape index (κ2) is 5.24. The lowest BCUT2D eigenvalue weighted by Gasteiger charge is -2.59. The molecule has 0 amide bonds. The van der Waals surface area contributed by atoms with Gasteiger partial charge in [0.05, 0.1) is 7.11 Å². The number of fused-ring (bicyclic) bond motifs is 1. The van der Waals surface area contributed by atoms with Gasteiger partial charge in [-0.15, -0.1) is 0 Å². The summed E-state index contributed by atoms with van der Waals surface area (Å²) < 4.78 is 5.57. The van der Waals surface area contributed by atoms with Gasteiger partial charge in [-0.05, 0) is 80.2 Å². The maximum Gasteiger partial charge on any atom is 0.119 e. The minimum atomic E-state index is 0.463. The fraction of sp³-hybridized carbons (Fsp3) is 0.714. The van der Waals surface area contributed by atoms with Gasteiger partial charge >= 0.3 is 0 Å². The van der Waals surface area contributed by atoms with E-state index in [-0.39, 0.29) is 0 Å². The van der Waals surface area contributed by atoms with Crippen molar-refractivity contribution >= 4 is 0 Å². The van der Waals surface area contributed by atoms with Crippen LogP contribution in [-0.4, -0.2) is 31.1 Å². The summed E-state index contributed by atoms with van der Waals surface area (Å²) in [5, 5.41) is 0. The summed E-state index contributed by atoms with van der Waals surface area (Å²) in [4.78, 5) is 2.89. The van der Waals surface area contributed by atoms with Crippen LogP contribution in [0.3, 0.4) is 0 Å². The summed E-state index contributed by atoms with van der Waals surface area (Å²) in [6.07, 6.45) is 11.3. The van der Waals surface area contributed by atoms with E-state index in [0.29, 0.717) is 5.41 Å². The molecule has 0 N–H and O–H groups in total. The fourth-order valence-corrected chi connectivity index (χ4v) is 6.05. The van der Waals surface area contributed by atoms with Gasteiger partial charge in [0.15, 0.2) is 0 Å². The molecule has 2 nitrogen and oxygen atoms in total. The first kappa shape index (κ1) is 14.3. The lowest BCUT2D eigenvalue weighted by molar-refractivity contribution is -0.0134. The predicted molar refractivity (Wildman–Crippen MR) is 93.0 cm³/mol. The molecule has 1 heterocycles. The van der Waals surface area contributed by atoms with Gasteiger partial charge < -0.3 is 4.74 Å². The number of likely N-dealkylation sites (tertiary alicyclic amines) is 1. The summed E-state index contributed by atoms with van der Waals surface area (Å²) in [6.45, 7) is 2.71. The third kappa shape index (κ3) is 2.17. The largest absolute Gasteiger partial charge is 0.497 e. The molecule has 1 aliphatic heterocycles. The summed E-state index contributed by atoms with van der Waals surface area (Å²) in [5.74, 6) is 2.97. The average Bonchev–Trinajstić information content (AvgIpc) is 3.41. The highest BCUT2D eigenvalue weighted by Crippen LogP contribution is 2.56. The van der Waals surface area contributed by atoms with Crippen LogP contribution in [-0.2, 0) is 11.8 Å². The molecule has 1 saturated heterocycles. The van der Waals surface area contributed by atoms with Crippen molar-refractivity contribution in [3.63, 3.8) is 0 Å². The number of ether oxygens (including phenoxy) is 1. The molecule has 4 aliphatic rings. The van der Waals surface area contributed by atoms with Gasteiger partial charge in [0, 0.05) is 18.0 Å². The van der Waals surface area contributed by atoms with Crippen LogP contribution >= 0.6 is 0 Å². The van der Waals surface area contributed by atoms with Gasteiger partial charge in [-0.2, -0.15) is 0 Å². The monoisotopic (exact) mass is 311 g/mol. The Bertz CT molecular complexity index is 608. The van der Waals surface area contributed by atoms with Crippen molar-refractivity contribution < 1.29 is 4.74 Å². The average molecular weight is 311 g/mol. The molecule has 3 aliphatic carbocycles. The van der Waals surface area contributed by atoms with E-state index in [0.717, 1.165) is 23.6 Å². The number of methoxy groups -OCH3 is 1. The maximum absolute atomic E-state index is 5.57. The van der Waals surface area contributed by atoms with Crippen molar-refractivity contribution in [3.8, 4) is 5.75 Å². The van der Waals surface area contributed by atoms with Crippen LogP contribution in [0.5, 0.6) is 5.75 Å². The second-order valence-electron chi connectivity index (χ2n) is 8.49. The quantitative estimate of drug-likeness (QED) is 0.831. The van der Waals surface area contributed by atoms with Crippen molar-refractivity contribution in [1.82, 2.24) is 4.90 Å². The van der Waals surface area contributed by atoms with Gasteiger partial charge in [-0.25, -0.2) is 0 Å². The maximum atomic E-state index is 5.57. The normalized spacial score (nSPS) is 36.2. The summed E-state index contributed by atoms with van der Waals surface area (Å²) >= 11 is 0. The van der Waals surface area contributed by atoms with Crippen LogP contribution in [0.4, 0.5) is 0 Å². The van der Waals surface area contributed by atoms with E-state index < -0.39 is 0 Å². The van der Waals surface area contributed by atoms with Crippen molar-refractivity contribution in [2.75, 3.05) is 20.2 Å². The van der Waals surface area contributed by atoms with Crippen molar-refractivity contribution in [2.45, 2.75) is 62.8 Å². The highest BCUT2D eigenvalue weighted by atomic mass is 16.5. The van der Waals surface area contributed by atoms with E-state index in [2.05, 4.69) is 23.1 Å². The van der Waals surface area contributed by atoms with Crippen molar-refractivity contribution in [1.29, 1.82) is 0 Å². The van der Waals surface area contributed by atoms with E-state index in [1.165, 1.54) is 64.5 Å². The standard InChI is InChI=1S/C21H29NO/c1-23-17-8-7-16-12-20-18-4-2-3-9-21(18,19(16)13-17)10-11-22(20)14-15-5-6-15/h7-8,13,15,18,20H,2-6,9-12,14H2,1H3/t18-,20-,21-/m1/s1. The van der Waals surface area contributed by atoms with Crippen LogP contribution < -0.4 is 4.74 Å². The highest BCUT2D eigenvalue weighted by molar-refractivity contribution is 5.45. The zero-order valence-corrected chi connectivity index (χ0v) is 14.4. The Labute approximate surface area is 140 Å².